The molecule has 11 nitrogen and oxygen atoms in total. The number of ether oxygens (including phenoxy) is 2. The first-order chi connectivity index (χ1) is 19.5. The van der Waals surface area contributed by atoms with Gasteiger partial charge in [-0.3, -0.25) is 18.7 Å². The molecule has 3 aromatic rings. The van der Waals surface area contributed by atoms with Crippen LogP contribution in [0.4, 0.5) is 10.7 Å². The fourth-order valence-electron chi connectivity index (χ4n) is 4.64. The van der Waals surface area contributed by atoms with Crippen LogP contribution in [0.15, 0.2) is 46.9 Å². The van der Waals surface area contributed by atoms with Gasteiger partial charge >= 0.3 is 12.1 Å². The number of imidazole rings is 1. The number of rotatable bonds is 9. The molecule has 1 fully saturated rings. The first-order valence-corrected chi connectivity index (χ1v) is 14.9. The van der Waals surface area contributed by atoms with Gasteiger partial charge in [0.15, 0.2) is 16.3 Å². The summed E-state index contributed by atoms with van der Waals surface area (Å²) in [5, 5.41) is 3.85. The van der Waals surface area contributed by atoms with E-state index in [1.807, 2.05) is 43.9 Å². The SMILES string of the molecule is C=CCOC(=O)Cn1c(SC)nc2nc(N3CCC[C@@H](NC(=O)OC(C)(C)C)C3)n(Cc3ccccc3Cl)c2c1=O. The van der Waals surface area contributed by atoms with Gasteiger partial charge in [0.05, 0.1) is 6.54 Å². The molecular formula is C28H35ClN6O5S. The molecular weight excluding hydrogens is 568 g/mol. The Morgan fingerprint density at radius 1 is 1.24 bits per heavy atom. The van der Waals surface area contributed by atoms with Gasteiger partial charge in [0.25, 0.3) is 5.56 Å². The number of amides is 1. The van der Waals surface area contributed by atoms with Gasteiger partial charge < -0.3 is 19.7 Å². The second kappa shape index (κ2) is 13.0. The molecule has 3 heterocycles. The zero-order valence-corrected chi connectivity index (χ0v) is 25.3. The fraction of sp³-hybridized carbons (Fsp3) is 0.464. The third-order valence-corrected chi connectivity index (χ3v) is 7.40. The van der Waals surface area contributed by atoms with Crippen molar-refractivity contribution < 1.29 is 19.1 Å². The Bertz CT molecular complexity index is 1500. The number of aromatic nitrogens is 4. The highest BCUT2D eigenvalue weighted by Crippen LogP contribution is 2.27. The fourth-order valence-corrected chi connectivity index (χ4v) is 5.39. The molecule has 0 spiro atoms. The Morgan fingerprint density at radius 2 is 2.00 bits per heavy atom. The molecule has 1 atom stereocenters. The maximum Gasteiger partial charge on any atom is 0.407 e. The van der Waals surface area contributed by atoms with E-state index >= 15 is 0 Å². The van der Waals surface area contributed by atoms with E-state index in [0.717, 1.165) is 18.4 Å². The van der Waals surface area contributed by atoms with E-state index in [1.165, 1.54) is 22.4 Å². The van der Waals surface area contributed by atoms with Crippen LogP contribution in [0.3, 0.4) is 0 Å². The van der Waals surface area contributed by atoms with Crippen LogP contribution in [0, 0.1) is 0 Å². The summed E-state index contributed by atoms with van der Waals surface area (Å²) in [6.45, 7) is 10.1. The summed E-state index contributed by atoms with van der Waals surface area (Å²) in [5.74, 6) is -0.0489. The van der Waals surface area contributed by atoms with Gasteiger partial charge in [-0.2, -0.15) is 4.98 Å². The molecule has 220 valence electrons. The van der Waals surface area contributed by atoms with Crippen molar-refractivity contribution in [2.75, 3.05) is 30.9 Å². The second-order valence-corrected chi connectivity index (χ2v) is 11.8. The molecule has 13 heteroatoms. The number of thioether (sulfide) groups is 1. The number of piperidine rings is 1. The average molecular weight is 603 g/mol. The van der Waals surface area contributed by atoms with Crippen molar-refractivity contribution in [2.45, 2.75) is 63.5 Å². The van der Waals surface area contributed by atoms with Crippen molar-refractivity contribution in [1.29, 1.82) is 0 Å². The number of esters is 1. The largest absolute Gasteiger partial charge is 0.460 e. The lowest BCUT2D eigenvalue weighted by Gasteiger charge is -2.34. The standard InChI is InChI=1S/C28H35ClN6O5S/c1-6-14-39-21(36)17-35-24(37)22-23(32-26(35)41-5)31-25(34(22)15-18-10-7-8-12-20(18)29)33-13-9-11-19(16-33)30-27(38)40-28(2,3)4/h6-8,10,12,19H,1,9,11,13-17H2,2-5H3,(H,30,38)/t19-/m1/s1. The molecule has 0 unspecified atom stereocenters. The van der Waals surface area contributed by atoms with Crippen LogP contribution < -0.4 is 15.8 Å². The minimum absolute atomic E-state index is 0.0416. The summed E-state index contributed by atoms with van der Waals surface area (Å²) in [4.78, 5) is 50.4. The zero-order chi connectivity index (χ0) is 29.7. The number of carbonyl (C=O) groups is 2. The molecule has 1 aliphatic rings. The predicted molar refractivity (Wildman–Crippen MR) is 160 cm³/mol. The third-order valence-electron chi connectivity index (χ3n) is 6.35. The highest BCUT2D eigenvalue weighted by atomic mass is 35.5. The van der Waals surface area contributed by atoms with E-state index in [4.69, 9.17) is 26.1 Å². The summed E-state index contributed by atoms with van der Waals surface area (Å²) in [7, 11) is 0. The summed E-state index contributed by atoms with van der Waals surface area (Å²) in [6.07, 6.45) is 4.32. The van der Waals surface area contributed by atoms with Crippen LogP contribution in [0.25, 0.3) is 11.2 Å². The van der Waals surface area contributed by atoms with E-state index in [-0.39, 0.29) is 36.9 Å². The number of alkyl carbamates (subject to hydrolysis) is 1. The molecule has 0 saturated carbocycles. The Hall–Kier alpha value is -3.51. The first-order valence-electron chi connectivity index (χ1n) is 13.3. The average Bonchev–Trinajstić information content (AvgIpc) is 3.27. The van der Waals surface area contributed by atoms with Crippen LogP contribution in [0.1, 0.15) is 39.2 Å². The van der Waals surface area contributed by atoms with Gasteiger partial charge in [0, 0.05) is 24.2 Å². The summed E-state index contributed by atoms with van der Waals surface area (Å²) in [6, 6.07) is 7.20. The number of nitrogens with one attached hydrogen (secondary N) is 1. The lowest BCUT2D eigenvalue weighted by atomic mass is 10.1. The summed E-state index contributed by atoms with van der Waals surface area (Å²) < 4.78 is 13.7. The molecule has 1 amide bonds. The molecule has 2 aromatic heterocycles. The van der Waals surface area contributed by atoms with Gasteiger partial charge in [-0.1, -0.05) is 54.2 Å². The Morgan fingerprint density at radius 3 is 2.68 bits per heavy atom. The van der Waals surface area contributed by atoms with E-state index in [0.29, 0.717) is 29.2 Å². The number of fused-ring (bicyclic) bond motifs is 1. The molecule has 0 bridgehead atoms. The first kappa shape index (κ1) is 30.4. The normalized spacial score (nSPS) is 15.5. The van der Waals surface area contributed by atoms with E-state index in [9.17, 15) is 14.4 Å². The number of anilines is 1. The number of hydrogen-bond donors (Lipinski definition) is 1. The maximum atomic E-state index is 13.9. The maximum absolute atomic E-state index is 13.9. The number of carbonyl (C=O) groups excluding carboxylic acids is 2. The molecule has 1 aromatic carbocycles. The van der Waals surface area contributed by atoms with Crippen molar-refractivity contribution in [1.82, 2.24) is 24.4 Å². The van der Waals surface area contributed by atoms with Gasteiger partial charge in [0.1, 0.15) is 18.8 Å². The van der Waals surface area contributed by atoms with Gasteiger partial charge in [-0.15, -0.1) is 0 Å². The van der Waals surface area contributed by atoms with Gasteiger partial charge in [-0.05, 0) is 51.5 Å². The number of nitrogens with zero attached hydrogens (tertiary/aromatic N) is 5. The third kappa shape index (κ3) is 7.42. The number of halogens is 1. The molecule has 1 saturated heterocycles. The molecule has 0 aliphatic carbocycles. The van der Waals surface area contributed by atoms with Crippen LogP contribution in [-0.4, -0.2) is 68.8 Å². The zero-order valence-electron chi connectivity index (χ0n) is 23.7. The molecule has 1 N–H and O–H groups in total. The van der Waals surface area contributed by atoms with Crippen molar-refractivity contribution in [2.24, 2.45) is 0 Å². The van der Waals surface area contributed by atoms with Crippen molar-refractivity contribution in [3.05, 3.63) is 57.9 Å². The van der Waals surface area contributed by atoms with Gasteiger partial charge in [-0.25, -0.2) is 9.78 Å². The molecule has 1 aliphatic heterocycles. The van der Waals surface area contributed by atoms with Crippen LogP contribution in [0.5, 0.6) is 0 Å². The smallest absolute Gasteiger partial charge is 0.407 e. The minimum atomic E-state index is -0.611. The summed E-state index contributed by atoms with van der Waals surface area (Å²) in [5.41, 5.74) is 0.275. The van der Waals surface area contributed by atoms with E-state index < -0.39 is 23.2 Å². The highest BCUT2D eigenvalue weighted by molar-refractivity contribution is 7.98. The van der Waals surface area contributed by atoms with Gasteiger partial charge in [0.2, 0.25) is 5.95 Å². The van der Waals surface area contributed by atoms with E-state index in [1.54, 1.807) is 16.9 Å². The van der Waals surface area contributed by atoms with Crippen molar-refractivity contribution in [3.63, 3.8) is 0 Å². The van der Waals surface area contributed by atoms with Crippen LogP contribution in [0.2, 0.25) is 5.02 Å². The molecule has 41 heavy (non-hydrogen) atoms. The highest BCUT2D eigenvalue weighted by Gasteiger charge is 2.29. The lowest BCUT2D eigenvalue weighted by molar-refractivity contribution is -0.143. The lowest BCUT2D eigenvalue weighted by Crippen LogP contribution is -2.49. The van der Waals surface area contributed by atoms with E-state index in [2.05, 4.69) is 16.9 Å². The van der Waals surface area contributed by atoms with Crippen molar-refractivity contribution >= 4 is 52.5 Å². The number of benzene rings is 1. The summed E-state index contributed by atoms with van der Waals surface area (Å²) >= 11 is 7.76. The minimum Gasteiger partial charge on any atom is -0.460 e. The molecule has 4 rings (SSSR count). The number of hydrogen-bond acceptors (Lipinski definition) is 9. The Labute approximate surface area is 247 Å². The Balaban J connectivity index is 1.77. The quantitative estimate of drug-likeness (QED) is 0.166. The monoisotopic (exact) mass is 602 g/mol. The predicted octanol–water partition coefficient (Wildman–Crippen LogP) is 4.24. The molecule has 0 radical (unpaired) electrons. The Kier molecular flexibility index (Phi) is 9.64. The topological polar surface area (TPSA) is 121 Å². The second-order valence-electron chi connectivity index (χ2n) is 10.7. The van der Waals surface area contributed by atoms with Crippen molar-refractivity contribution in [3.8, 4) is 0 Å². The van der Waals surface area contributed by atoms with Crippen LogP contribution >= 0.6 is 23.4 Å². The van der Waals surface area contributed by atoms with Crippen LogP contribution in [-0.2, 0) is 27.4 Å².